The predicted octanol–water partition coefficient (Wildman–Crippen LogP) is 0.564. The minimum absolute atomic E-state index is 0.00450. The normalized spacial score (nSPS) is 12.0. The molecule has 0 atom stereocenters. The lowest BCUT2D eigenvalue weighted by Gasteiger charge is -2.23. The summed E-state index contributed by atoms with van der Waals surface area (Å²) in [5.41, 5.74) is -0.845. The van der Waals surface area contributed by atoms with Crippen molar-refractivity contribution in [3.8, 4) is 0 Å². The molecule has 0 fully saturated rings. The minimum atomic E-state index is -3.74. The Balaban J connectivity index is 2.95. The Morgan fingerprint density at radius 1 is 1.38 bits per heavy atom. The van der Waals surface area contributed by atoms with Crippen LogP contribution in [-0.2, 0) is 14.8 Å². The summed E-state index contributed by atoms with van der Waals surface area (Å²) in [6, 6.07) is 3.03. The highest BCUT2D eigenvalue weighted by Crippen LogP contribution is 2.20. The van der Waals surface area contributed by atoms with Crippen molar-refractivity contribution in [2.24, 2.45) is 5.41 Å². The van der Waals surface area contributed by atoms with Gasteiger partial charge in [0.25, 0.3) is 0 Å². The van der Waals surface area contributed by atoms with Gasteiger partial charge in [0.05, 0.1) is 5.41 Å². The molecule has 0 unspecified atom stereocenters. The fourth-order valence-corrected chi connectivity index (χ4v) is 3.02. The van der Waals surface area contributed by atoms with E-state index in [1.54, 1.807) is 19.9 Å². The Bertz CT molecular complexity index is 599. The number of carbonyl (C=O) groups is 1. The molecule has 1 heterocycles. The molecule has 1 amide bonds. The lowest BCUT2D eigenvalue weighted by atomic mass is 9.93. The molecule has 0 aliphatic carbocycles. The van der Waals surface area contributed by atoms with Gasteiger partial charge in [0.1, 0.15) is 10.7 Å². The molecule has 0 aliphatic rings. The van der Waals surface area contributed by atoms with Crippen molar-refractivity contribution in [1.82, 2.24) is 15.0 Å². The maximum Gasteiger partial charge on any atom is 0.244 e. The number of pyridine rings is 1. The molecule has 0 aromatic carbocycles. The molecule has 0 spiro atoms. The van der Waals surface area contributed by atoms with Gasteiger partial charge in [0.2, 0.25) is 15.9 Å². The second-order valence-electron chi connectivity index (χ2n) is 5.17. The van der Waals surface area contributed by atoms with Crippen LogP contribution in [0.25, 0.3) is 0 Å². The highest BCUT2D eigenvalue weighted by molar-refractivity contribution is 7.89. The number of sulfonamides is 1. The first-order chi connectivity index (χ1) is 9.74. The van der Waals surface area contributed by atoms with E-state index in [4.69, 9.17) is 0 Å². The highest BCUT2D eigenvalue weighted by atomic mass is 32.2. The lowest BCUT2D eigenvalue weighted by molar-refractivity contribution is -0.128. The van der Waals surface area contributed by atoms with Gasteiger partial charge in [-0.15, -0.1) is 0 Å². The van der Waals surface area contributed by atoms with Gasteiger partial charge in [-0.2, -0.15) is 0 Å². The topological polar surface area (TPSA) is 100 Å². The van der Waals surface area contributed by atoms with Gasteiger partial charge < -0.3 is 10.6 Å². The summed E-state index contributed by atoms with van der Waals surface area (Å²) in [6.07, 6.45) is 1.52. The van der Waals surface area contributed by atoms with Crippen LogP contribution in [-0.4, -0.2) is 39.4 Å². The first kappa shape index (κ1) is 17.4. The molecular weight excluding hydrogens is 292 g/mol. The van der Waals surface area contributed by atoms with E-state index in [0.29, 0.717) is 12.4 Å². The van der Waals surface area contributed by atoms with Crippen LogP contribution >= 0.6 is 0 Å². The van der Waals surface area contributed by atoms with Gasteiger partial charge in [-0.3, -0.25) is 4.79 Å². The molecule has 1 rings (SSSR count). The maximum atomic E-state index is 12.4. The van der Waals surface area contributed by atoms with Crippen molar-refractivity contribution in [1.29, 1.82) is 0 Å². The summed E-state index contributed by atoms with van der Waals surface area (Å²) in [7, 11) is -2.23. The van der Waals surface area contributed by atoms with E-state index in [2.05, 4.69) is 20.3 Å². The van der Waals surface area contributed by atoms with Crippen LogP contribution in [0.15, 0.2) is 23.2 Å². The second kappa shape index (κ2) is 6.86. The minimum Gasteiger partial charge on any atom is -0.369 e. The van der Waals surface area contributed by atoms with E-state index in [-0.39, 0.29) is 17.3 Å². The number of carbonyl (C=O) groups excluding carboxylic acids is 1. The second-order valence-corrected chi connectivity index (χ2v) is 6.90. The van der Waals surface area contributed by atoms with Crippen molar-refractivity contribution >= 4 is 21.7 Å². The van der Waals surface area contributed by atoms with Gasteiger partial charge in [0, 0.05) is 26.3 Å². The first-order valence-electron chi connectivity index (χ1n) is 6.65. The van der Waals surface area contributed by atoms with Gasteiger partial charge in [-0.1, -0.05) is 0 Å². The van der Waals surface area contributed by atoms with E-state index in [0.717, 1.165) is 0 Å². The van der Waals surface area contributed by atoms with Gasteiger partial charge in [-0.05, 0) is 32.9 Å². The van der Waals surface area contributed by atoms with Crippen LogP contribution in [0.1, 0.15) is 20.8 Å². The van der Waals surface area contributed by atoms with E-state index in [9.17, 15) is 13.2 Å². The number of aromatic nitrogens is 1. The van der Waals surface area contributed by atoms with Crippen molar-refractivity contribution in [2.45, 2.75) is 25.7 Å². The average Bonchev–Trinajstić information content (AvgIpc) is 2.45. The standard InChI is InChI=1S/C13H22N4O3S/c1-5-15-11-10(7-6-8-16-11)21(19,20)17-9-13(2,3)12(18)14-4/h6-8,17H,5,9H2,1-4H3,(H,14,18)(H,15,16). The highest BCUT2D eigenvalue weighted by Gasteiger charge is 2.29. The third-order valence-corrected chi connectivity index (χ3v) is 4.38. The molecule has 0 saturated carbocycles. The molecule has 0 aliphatic heterocycles. The number of rotatable bonds is 7. The number of hydrogen-bond acceptors (Lipinski definition) is 5. The summed E-state index contributed by atoms with van der Waals surface area (Å²) >= 11 is 0. The van der Waals surface area contributed by atoms with Crippen molar-refractivity contribution in [2.75, 3.05) is 25.5 Å². The van der Waals surface area contributed by atoms with Gasteiger partial charge >= 0.3 is 0 Å². The molecule has 21 heavy (non-hydrogen) atoms. The summed E-state index contributed by atoms with van der Waals surface area (Å²) in [6.45, 7) is 5.75. The third-order valence-electron chi connectivity index (χ3n) is 2.95. The summed E-state index contributed by atoms with van der Waals surface area (Å²) in [5.74, 6) is 0.0635. The maximum absolute atomic E-state index is 12.4. The number of hydrogen-bond donors (Lipinski definition) is 3. The van der Waals surface area contributed by atoms with E-state index in [1.165, 1.54) is 19.3 Å². The Labute approximate surface area is 125 Å². The van der Waals surface area contributed by atoms with Crippen LogP contribution in [0.3, 0.4) is 0 Å². The zero-order valence-electron chi connectivity index (χ0n) is 12.7. The monoisotopic (exact) mass is 314 g/mol. The molecular formula is C13H22N4O3S. The fraction of sp³-hybridized carbons (Fsp3) is 0.538. The molecule has 0 bridgehead atoms. The molecule has 1 aromatic heterocycles. The third kappa shape index (κ3) is 4.40. The molecule has 8 heteroatoms. The van der Waals surface area contributed by atoms with E-state index >= 15 is 0 Å². The van der Waals surface area contributed by atoms with Crippen molar-refractivity contribution in [3.05, 3.63) is 18.3 Å². The summed E-state index contributed by atoms with van der Waals surface area (Å²) in [5, 5.41) is 5.42. The zero-order valence-corrected chi connectivity index (χ0v) is 13.5. The van der Waals surface area contributed by atoms with Crippen LogP contribution in [0, 0.1) is 5.41 Å². The van der Waals surface area contributed by atoms with Crippen LogP contribution in [0.2, 0.25) is 0 Å². The van der Waals surface area contributed by atoms with E-state index in [1.807, 2.05) is 6.92 Å². The molecule has 0 saturated heterocycles. The van der Waals surface area contributed by atoms with Crippen molar-refractivity contribution < 1.29 is 13.2 Å². The SMILES string of the molecule is CCNc1ncccc1S(=O)(=O)NCC(C)(C)C(=O)NC. The van der Waals surface area contributed by atoms with Gasteiger partial charge in [-0.25, -0.2) is 18.1 Å². The fourth-order valence-electron chi connectivity index (χ4n) is 1.68. The van der Waals surface area contributed by atoms with Crippen LogP contribution in [0.4, 0.5) is 5.82 Å². The number of anilines is 1. The smallest absolute Gasteiger partial charge is 0.244 e. The number of nitrogens with zero attached hydrogens (tertiary/aromatic N) is 1. The average molecular weight is 314 g/mol. The zero-order chi connectivity index (χ0) is 16.1. The largest absolute Gasteiger partial charge is 0.369 e. The Morgan fingerprint density at radius 3 is 2.62 bits per heavy atom. The quantitative estimate of drug-likeness (QED) is 0.683. The Kier molecular flexibility index (Phi) is 5.68. The summed E-state index contributed by atoms with van der Waals surface area (Å²) in [4.78, 5) is 15.8. The molecule has 118 valence electrons. The van der Waals surface area contributed by atoms with Crippen LogP contribution < -0.4 is 15.4 Å². The van der Waals surface area contributed by atoms with Crippen molar-refractivity contribution in [3.63, 3.8) is 0 Å². The van der Waals surface area contributed by atoms with Crippen LogP contribution in [0.5, 0.6) is 0 Å². The number of amides is 1. The molecule has 7 nitrogen and oxygen atoms in total. The molecule has 1 aromatic rings. The Hall–Kier alpha value is -1.67. The summed E-state index contributed by atoms with van der Waals surface area (Å²) < 4.78 is 27.2. The molecule has 3 N–H and O–H groups in total. The number of nitrogens with one attached hydrogen (secondary N) is 3. The van der Waals surface area contributed by atoms with E-state index < -0.39 is 15.4 Å². The predicted molar refractivity (Wildman–Crippen MR) is 81.4 cm³/mol. The molecule has 0 radical (unpaired) electrons. The first-order valence-corrected chi connectivity index (χ1v) is 8.13. The Morgan fingerprint density at radius 2 is 2.05 bits per heavy atom. The van der Waals surface area contributed by atoms with Gasteiger partial charge in [0.15, 0.2) is 0 Å². The lowest BCUT2D eigenvalue weighted by Crippen LogP contribution is -2.43.